The number of hydrogen-bond donors (Lipinski definition) is 1. The summed E-state index contributed by atoms with van der Waals surface area (Å²) < 4.78 is 25.4. The molecule has 0 unspecified atom stereocenters. The van der Waals surface area contributed by atoms with Gasteiger partial charge in [0.2, 0.25) is 15.9 Å². The van der Waals surface area contributed by atoms with Crippen LogP contribution in [0.4, 0.5) is 5.69 Å². The molecule has 7 heteroatoms. The Hall–Kier alpha value is -1.60. The van der Waals surface area contributed by atoms with E-state index in [9.17, 15) is 13.2 Å². The number of hydrogen-bond acceptors (Lipinski definition) is 4. The lowest BCUT2D eigenvalue weighted by Crippen LogP contribution is -2.47. The van der Waals surface area contributed by atoms with Crippen LogP contribution in [0.5, 0.6) is 0 Å². The van der Waals surface area contributed by atoms with Crippen LogP contribution in [0.25, 0.3) is 0 Å². The third-order valence-corrected chi connectivity index (χ3v) is 5.69. The predicted octanol–water partition coefficient (Wildman–Crippen LogP) is 1.28. The summed E-state index contributed by atoms with van der Waals surface area (Å²) in [6.45, 7) is 5.60. The number of carbonyl (C=O) groups excluding carboxylic acids is 1. The molecule has 1 aromatic rings. The lowest BCUT2D eigenvalue weighted by atomic mass is 10.1. The molecule has 1 amide bonds. The van der Waals surface area contributed by atoms with Crippen LogP contribution >= 0.6 is 0 Å². The van der Waals surface area contributed by atoms with Gasteiger partial charge in [-0.1, -0.05) is 6.07 Å². The van der Waals surface area contributed by atoms with Gasteiger partial charge in [-0.05, 0) is 70.1 Å². The van der Waals surface area contributed by atoms with E-state index in [2.05, 4.69) is 17.3 Å². The normalized spacial score (nSPS) is 16.8. The molecule has 0 spiro atoms. The fourth-order valence-corrected chi connectivity index (χ4v) is 3.69. The molecule has 134 valence electrons. The van der Waals surface area contributed by atoms with Crippen molar-refractivity contribution in [3.05, 3.63) is 29.3 Å². The third kappa shape index (κ3) is 4.95. The first-order valence-electron chi connectivity index (χ1n) is 8.19. The molecule has 1 fully saturated rings. The fourth-order valence-electron chi connectivity index (χ4n) is 2.84. The van der Waals surface area contributed by atoms with Crippen molar-refractivity contribution in [3.63, 3.8) is 0 Å². The molecule has 1 aliphatic rings. The summed E-state index contributed by atoms with van der Waals surface area (Å²) in [4.78, 5) is 14.6. The first-order valence-corrected chi connectivity index (χ1v) is 10.0. The predicted molar refractivity (Wildman–Crippen MR) is 96.8 cm³/mol. The largest absolute Gasteiger partial charge is 0.352 e. The number of aryl methyl sites for hydroxylation is 2. The van der Waals surface area contributed by atoms with E-state index in [4.69, 9.17) is 0 Å². The first-order chi connectivity index (χ1) is 11.2. The van der Waals surface area contributed by atoms with Crippen molar-refractivity contribution in [3.8, 4) is 0 Å². The quantitative estimate of drug-likeness (QED) is 0.866. The molecule has 0 atom stereocenters. The second kappa shape index (κ2) is 7.53. The van der Waals surface area contributed by atoms with E-state index in [1.165, 1.54) is 4.31 Å². The van der Waals surface area contributed by atoms with Crippen molar-refractivity contribution in [1.82, 2.24) is 10.2 Å². The van der Waals surface area contributed by atoms with Gasteiger partial charge in [0.1, 0.15) is 6.54 Å². The molecule has 0 aromatic heterocycles. The highest BCUT2D eigenvalue weighted by Gasteiger charge is 2.24. The fraction of sp³-hybridized carbons (Fsp3) is 0.588. The maximum atomic E-state index is 12.3. The van der Waals surface area contributed by atoms with Crippen molar-refractivity contribution in [2.45, 2.75) is 32.7 Å². The number of sulfonamides is 1. The Morgan fingerprint density at radius 2 is 1.88 bits per heavy atom. The number of likely N-dealkylation sites (tertiary alicyclic amines) is 1. The lowest BCUT2D eigenvalue weighted by molar-refractivity contribution is -0.120. The van der Waals surface area contributed by atoms with Crippen LogP contribution in [0.15, 0.2) is 18.2 Å². The number of nitrogens with zero attached hydrogens (tertiary/aromatic N) is 2. The maximum Gasteiger partial charge on any atom is 0.240 e. The Kier molecular flexibility index (Phi) is 5.87. The zero-order chi connectivity index (χ0) is 17.9. The van der Waals surface area contributed by atoms with E-state index in [0.717, 1.165) is 43.3 Å². The lowest BCUT2D eigenvalue weighted by Gasteiger charge is -2.30. The van der Waals surface area contributed by atoms with Crippen LogP contribution in [0.2, 0.25) is 0 Å². The van der Waals surface area contributed by atoms with Gasteiger partial charge in [-0.25, -0.2) is 8.42 Å². The van der Waals surface area contributed by atoms with E-state index in [1.807, 2.05) is 19.9 Å². The van der Waals surface area contributed by atoms with Gasteiger partial charge in [0.05, 0.1) is 11.9 Å². The summed E-state index contributed by atoms with van der Waals surface area (Å²) in [5, 5.41) is 2.97. The van der Waals surface area contributed by atoms with Crippen molar-refractivity contribution in [2.75, 3.05) is 37.2 Å². The molecular formula is C17H27N3O3S. The van der Waals surface area contributed by atoms with E-state index >= 15 is 0 Å². The Balaban J connectivity index is 2.09. The molecule has 0 aliphatic carbocycles. The molecule has 1 N–H and O–H groups in total. The van der Waals surface area contributed by atoms with Gasteiger partial charge >= 0.3 is 0 Å². The molecule has 1 aromatic carbocycles. The summed E-state index contributed by atoms with van der Waals surface area (Å²) in [5.74, 6) is -0.256. The average Bonchev–Trinajstić information content (AvgIpc) is 2.49. The number of anilines is 1. The second-order valence-corrected chi connectivity index (χ2v) is 8.59. The van der Waals surface area contributed by atoms with Gasteiger partial charge < -0.3 is 10.2 Å². The van der Waals surface area contributed by atoms with Gasteiger partial charge in [-0.3, -0.25) is 9.10 Å². The molecule has 0 saturated carbocycles. The van der Waals surface area contributed by atoms with Gasteiger partial charge in [0.25, 0.3) is 0 Å². The highest BCUT2D eigenvalue weighted by atomic mass is 32.2. The summed E-state index contributed by atoms with van der Waals surface area (Å²) in [7, 11) is -1.47. The van der Waals surface area contributed by atoms with Crippen molar-refractivity contribution >= 4 is 21.6 Å². The number of carbonyl (C=O) groups is 1. The molecule has 2 rings (SSSR count). The zero-order valence-electron chi connectivity index (χ0n) is 14.9. The highest BCUT2D eigenvalue weighted by molar-refractivity contribution is 7.92. The van der Waals surface area contributed by atoms with Crippen molar-refractivity contribution in [1.29, 1.82) is 0 Å². The number of amides is 1. The molecule has 6 nitrogen and oxygen atoms in total. The highest BCUT2D eigenvalue weighted by Crippen LogP contribution is 2.21. The molecule has 1 aliphatic heterocycles. The number of rotatable bonds is 5. The van der Waals surface area contributed by atoms with Crippen LogP contribution in [0, 0.1) is 13.8 Å². The van der Waals surface area contributed by atoms with E-state index in [1.54, 1.807) is 12.1 Å². The second-order valence-electron chi connectivity index (χ2n) is 6.68. The van der Waals surface area contributed by atoms with Crippen LogP contribution < -0.4 is 9.62 Å². The van der Waals surface area contributed by atoms with Crippen LogP contribution in [0.3, 0.4) is 0 Å². The smallest absolute Gasteiger partial charge is 0.240 e. The van der Waals surface area contributed by atoms with E-state index < -0.39 is 10.0 Å². The van der Waals surface area contributed by atoms with Gasteiger partial charge in [0.15, 0.2) is 0 Å². The Morgan fingerprint density at radius 3 is 2.42 bits per heavy atom. The van der Waals surface area contributed by atoms with Crippen LogP contribution in [-0.2, 0) is 14.8 Å². The summed E-state index contributed by atoms with van der Waals surface area (Å²) >= 11 is 0. The molecular weight excluding hydrogens is 326 g/mol. The van der Waals surface area contributed by atoms with Gasteiger partial charge in [-0.2, -0.15) is 0 Å². The molecule has 24 heavy (non-hydrogen) atoms. The molecule has 1 saturated heterocycles. The topological polar surface area (TPSA) is 69.7 Å². The maximum absolute atomic E-state index is 12.3. The zero-order valence-corrected chi connectivity index (χ0v) is 15.7. The number of benzene rings is 1. The molecule has 1 heterocycles. The minimum absolute atomic E-state index is 0.120. The van der Waals surface area contributed by atoms with E-state index in [-0.39, 0.29) is 18.5 Å². The van der Waals surface area contributed by atoms with Crippen LogP contribution in [-0.4, -0.2) is 58.2 Å². The minimum Gasteiger partial charge on any atom is -0.352 e. The number of piperidine rings is 1. The monoisotopic (exact) mass is 353 g/mol. The molecule has 0 bridgehead atoms. The first kappa shape index (κ1) is 18.7. The standard InChI is InChI=1S/C17H27N3O3S/c1-13-5-6-16(11-14(13)2)20(24(4,22)23)12-17(21)18-15-7-9-19(3)10-8-15/h5-6,11,15H,7-10,12H2,1-4H3,(H,18,21). The van der Waals surface area contributed by atoms with E-state index in [0.29, 0.717) is 5.69 Å². The Labute approximate surface area is 144 Å². The summed E-state index contributed by atoms with van der Waals surface area (Å²) in [6.07, 6.45) is 2.92. The SMILES string of the molecule is Cc1ccc(N(CC(=O)NC2CCN(C)CC2)S(C)(=O)=O)cc1C. The summed E-state index contributed by atoms with van der Waals surface area (Å²) in [5.41, 5.74) is 2.61. The van der Waals surface area contributed by atoms with Crippen LogP contribution in [0.1, 0.15) is 24.0 Å². The average molecular weight is 353 g/mol. The molecule has 0 radical (unpaired) electrons. The van der Waals surface area contributed by atoms with Gasteiger partial charge in [0, 0.05) is 6.04 Å². The van der Waals surface area contributed by atoms with Gasteiger partial charge in [-0.15, -0.1) is 0 Å². The summed E-state index contributed by atoms with van der Waals surface area (Å²) in [6, 6.07) is 5.54. The Morgan fingerprint density at radius 1 is 1.25 bits per heavy atom. The van der Waals surface area contributed by atoms with Crippen molar-refractivity contribution in [2.24, 2.45) is 0 Å². The van der Waals surface area contributed by atoms with Crippen molar-refractivity contribution < 1.29 is 13.2 Å². The third-order valence-electron chi connectivity index (χ3n) is 4.55. The Bertz CT molecular complexity index is 695. The minimum atomic E-state index is -3.53. The number of nitrogens with one attached hydrogen (secondary N) is 1.